The van der Waals surface area contributed by atoms with E-state index in [-0.39, 0.29) is 16.8 Å². The van der Waals surface area contributed by atoms with E-state index in [9.17, 15) is 9.59 Å². The zero-order valence-corrected chi connectivity index (χ0v) is 15.6. The van der Waals surface area contributed by atoms with Crippen molar-refractivity contribution in [2.75, 3.05) is 11.9 Å². The Labute approximate surface area is 151 Å². The van der Waals surface area contributed by atoms with Gasteiger partial charge in [-0.25, -0.2) is 0 Å². The van der Waals surface area contributed by atoms with Crippen LogP contribution < -0.4 is 10.7 Å². The lowest BCUT2D eigenvalue weighted by molar-refractivity contribution is 0.104. The maximum absolute atomic E-state index is 12.5. The fraction of sp³-hybridized carbons (Fsp3) is 0.111. The summed E-state index contributed by atoms with van der Waals surface area (Å²) in [6.07, 6.45) is 3.11. The van der Waals surface area contributed by atoms with Crippen molar-refractivity contribution in [3.05, 3.63) is 78.8 Å². The van der Waals surface area contributed by atoms with Crippen LogP contribution in [0.5, 0.6) is 0 Å². The second-order valence-electron chi connectivity index (χ2n) is 4.77. The molecule has 0 unspecified atom stereocenters. The Hall–Kier alpha value is -1.72. The van der Waals surface area contributed by atoms with E-state index in [1.54, 1.807) is 24.3 Å². The molecular formula is C18H15Br2NO2. The summed E-state index contributed by atoms with van der Waals surface area (Å²) in [7, 11) is 0. The normalized spacial score (nSPS) is 10.7. The third-order valence-corrected chi connectivity index (χ3v) is 4.35. The fourth-order valence-corrected chi connectivity index (χ4v) is 2.79. The van der Waals surface area contributed by atoms with Gasteiger partial charge in [0.25, 0.3) is 0 Å². The van der Waals surface area contributed by atoms with Crippen molar-refractivity contribution in [1.82, 2.24) is 0 Å². The summed E-state index contributed by atoms with van der Waals surface area (Å²) >= 11 is 6.76. The molecule has 0 fully saturated rings. The number of nitrogens with one attached hydrogen (secondary N) is 1. The van der Waals surface area contributed by atoms with E-state index < -0.39 is 0 Å². The van der Waals surface area contributed by atoms with E-state index in [1.165, 1.54) is 6.08 Å². The van der Waals surface area contributed by atoms with Crippen LogP contribution in [0.4, 0.5) is 5.69 Å². The van der Waals surface area contributed by atoms with Gasteiger partial charge in [-0.05, 0) is 48.9 Å². The summed E-state index contributed by atoms with van der Waals surface area (Å²) in [5, 5.41) is 2.98. The molecule has 0 saturated heterocycles. The molecule has 0 amide bonds. The van der Waals surface area contributed by atoms with Gasteiger partial charge in [0.1, 0.15) is 0 Å². The van der Waals surface area contributed by atoms with Gasteiger partial charge in [-0.3, -0.25) is 9.59 Å². The second kappa shape index (κ2) is 8.22. The van der Waals surface area contributed by atoms with Gasteiger partial charge in [-0.2, -0.15) is 0 Å². The number of hydrogen-bond donors (Lipinski definition) is 1. The van der Waals surface area contributed by atoms with Gasteiger partial charge >= 0.3 is 0 Å². The highest BCUT2D eigenvalue weighted by molar-refractivity contribution is 9.10. The molecule has 3 nitrogen and oxygen atoms in total. The molecule has 0 aromatic heterocycles. The Morgan fingerprint density at radius 1 is 1.17 bits per heavy atom. The molecular weight excluding hydrogens is 422 g/mol. The molecule has 23 heavy (non-hydrogen) atoms. The lowest BCUT2D eigenvalue weighted by atomic mass is 10.1. The highest BCUT2D eigenvalue weighted by Gasteiger charge is 2.10. The molecule has 0 heterocycles. The van der Waals surface area contributed by atoms with Gasteiger partial charge < -0.3 is 5.32 Å². The van der Waals surface area contributed by atoms with E-state index in [4.69, 9.17) is 0 Å². The van der Waals surface area contributed by atoms with Gasteiger partial charge in [-0.1, -0.05) is 50.1 Å². The van der Waals surface area contributed by atoms with Crippen LogP contribution in [0.2, 0.25) is 0 Å². The van der Waals surface area contributed by atoms with Crippen molar-refractivity contribution >= 4 is 49.4 Å². The summed E-state index contributed by atoms with van der Waals surface area (Å²) in [6, 6.07) is 12.5. The minimum Gasteiger partial charge on any atom is -0.382 e. The van der Waals surface area contributed by atoms with Crippen LogP contribution in [-0.2, 0) is 0 Å². The lowest BCUT2D eigenvalue weighted by Crippen LogP contribution is -2.15. The molecule has 2 aromatic rings. The van der Waals surface area contributed by atoms with Gasteiger partial charge in [0.2, 0.25) is 5.43 Å². The molecule has 0 spiro atoms. The molecule has 0 aliphatic rings. The zero-order valence-electron chi connectivity index (χ0n) is 12.5. The van der Waals surface area contributed by atoms with Crippen LogP contribution in [0.1, 0.15) is 22.8 Å². The Morgan fingerprint density at radius 3 is 2.61 bits per heavy atom. The number of benzene rings is 1. The maximum atomic E-state index is 12.5. The zero-order chi connectivity index (χ0) is 16.8. The predicted octanol–water partition coefficient (Wildman–Crippen LogP) is 4.90. The van der Waals surface area contributed by atoms with E-state index in [2.05, 4.69) is 37.2 Å². The summed E-state index contributed by atoms with van der Waals surface area (Å²) in [5.74, 6) is -0.332. The standard InChI is InChI=1S/C18H15Br2NO2/c1-2-21-16-9-8-13(19)11-14(18(16)23)17(22)10-7-12-5-3-4-6-15(12)20/h3-11H,2H2,1H3,(H,21,23)/b10-7-. The summed E-state index contributed by atoms with van der Waals surface area (Å²) < 4.78 is 1.57. The summed E-state index contributed by atoms with van der Waals surface area (Å²) in [5.41, 5.74) is 1.11. The smallest absolute Gasteiger partial charge is 0.212 e. The molecule has 2 rings (SSSR count). The number of ketones is 1. The topological polar surface area (TPSA) is 46.2 Å². The highest BCUT2D eigenvalue weighted by Crippen LogP contribution is 2.18. The monoisotopic (exact) mass is 435 g/mol. The highest BCUT2D eigenvalue weighted by atomic mass is 79.9. The average Bonchev–Trinajstić information content (AvgIpc) is 2.67. The van der Waals surface area contributed by atoms with Crippen molar-refractivity contribution in [2.45, 2.75) is 6.92 Å². The van der Waals surface area contributed by atoms with Crippen molar-refractivity contribution in [2.24, 2.45) is 0 Å². The minimum absolute atomic E-state index is 0.126. The predicted molar refractivity (Wildman–Crippen MR) is 102 cm³/mol. The quantitative estimate of drug-likeness (QED) is 0.535. The molecule has 0 aliphatic heterocycles. The molecule has 0 atom stereocenters. The van der Waals surface area contributed by atoms with Gasteiger partial charge in [0, 0.05) is 15.5 Å². The summed E-state index contributed by atoms with van der Waals surface area (Å²) in [4.78, 5) is 24.9. The van der Waals surface area contributed by atoms with Crippen LogP contribution in [0.3, 0.4) is 0 Å². The molecule has 5 heteroatoms. The van der Waals surface area contributed by atoms with Crippen LogP contribution in [0, 0.1) is 0 Å². The minimum atomic E-state index is -0.332. The second-order valence-corrected chi connectivity index (χ2v) is 6.54. The summed E-state index contributed by atoms with van der Waals surface area (Å²) in [6.45, 7) is 2.51. The third kappa shape index (κ3) is 4.62. The first kappa shape index (κ1) is 17.6. The van der Waals surface area contributed by atoms with Crippen LogP contribution in [-0.4, -0.2) is 12.3 Å². The number of halogens is 2. The van der Waals surface area contributed by atoms with Gasteiger partial charge in [-0.15, -0.1) is 0 Å². The molecule has 2 aromatic carbocycles. The van der Waals surface area contributed by atoms with Crippen molar-refractivity contribution in [3.8, 4) is 0 Å². The number of allylic oxidation sites excluding steroid dienone is 1. The first-order chi connectivity index (χ1) is 11.0. The first-order valence-electron chi connectivity index (χ1n) is 7.07. The Morgan fingerprint density at radius 2 is 1.91 bits per heavy atom. The molecule has 0 aliphatic carbocycles. The molecule has 0 bridgehead atoms. The SMILES string of the molecule is CCNc1ccc(Br)cc(C(=O)/C=C\c2ccccc2Br)c1=O. The largest absolute Gasteiger partial charge is 0.382 e. The Bertz CT molecular complexity index is 816. The molecule has 118 valence electrons. The first-order valence-corrected chi connectivity index (χ1v) is 8.66. The van der Waals surface area contributed by atoms with Crippen molar-refractivity contribution in [1.29, 1.82) is 0 Å². The number of rotatable bonds is 5. The van der Waals surface area contributed by atoms with Gasteiger partial charge in [0.15, 0.2) is 5.78 Å². The average molecular weight is 437 g/mol. The third-order valence-electron chi connectivity index (χ3n) is 3.13. The fourth-order valence-electron chi connectivity index (χ4n) is 2.01. The molecule has 0 radical (unpaired) electrons. The lowest BCUT2D eigenvalue weighted by Gasteiger charge is -1.99. The van der Waals surface area contributed by atoms with E-state index >= 15 is 0 Å². The van der Waals surface area contributed by atoms with E-state index in [0.29, 0.717) is 16.7 Å². The van der Waals surface area contributed by atoms with Crippen LogP contribution in [0.15, 0.2) is 62.3 Å². The number of carbonyl (C=O) groups is 1. The number of anilines is 1. The van der Waals surface area contributed by atoms with Gasteiger partial charge in [0.05, 0.1) is 11.3 Å². The van der Waals surface area contributed by atoms with E-state index in [0.717, 1.165) is 10.0 Å². The molecule has 0 saturated carbocycles. The van der Waals surface area contributed by atoms with Crippen molar-refractivity contribution in [3.63, 3.8) is 0 Å². The van der Waals surface area contributed by atoms with Crippen LogP contribution >= 0.6 is 31.9 Å². The molecule has 1 N–H and O–H groups in total. The number of hydrogen-bond acceptors (Lipinski definition) is 3. The van der Waals surface area contributed by atoms with Crippen LogP contribution in [0.25, 0.3) is 6.08 Å². The van der Waals surface area contributed by atoms with E-state index in [1.807, 2.05) is 31.2 Å². The Balaban J connectivity index is 2.42. The van der Waals surface area contributed by atoms with Crippen molar-refractivity contribution < 1.29 is 4.79 Å². The number of carbonyl (C=O) groups excluding carboxylic acids is 1. The Kier molecular flexibility index (Phi) is 6.30. The maximum Gasteiger partial charge on any atom is 0.212 e.